The molecule has 2 atom stereocenters. The van der Waals surface area contributed by atoms with Crippen LogP contribution in [0.25, 0.3) is 0 Å². The summed E-state index contributed by atoms with van der Waals surface area (Å²) < 4.78 is 5.14. The van der Waals surface area contributed by atoms with Gasteiger partial charge >= 0.3 is 0 Å². The Balaban J connectivity index is 2.10. The Morgan fingerprint density at radius 1 is 1.50 bits per heavy atom. The summed E-state index contributed by atoms with van der Waals surface area (Å²) in [7, 11) is 0. The van der Waals surface area contributed by atoms with Crippen LogP contribution in [0, 0.1) is 12.8 Å². The average Bonchev–Trinajstić information content (AvgIpc) is 2.63. The Morgan fingerprint density at radius 2 is 2.28 bits per heavy atom. The number of carbonyl (C=O) groups is 1. The molecule has 1 N–H and O–H groups in total. The molecule has 0 aromatic heterocycles. The van der Waals surface area contributed by atoms with Crippen LogP contribution in [0.15, 0.2) is 18.2 Å². The number of rotatable bonds is 4. The van der Waals surface area contributed by atoms with Crippen molar-refractivity contribution in [1.29, 1.82) is 0 Å². The lowest BCUT2D eigenvalue weighted by molar-refractivity contribution is -0.126. The fraction of sp³-hybridized carbons (Fsp3) is 0.533. The minimum atomic E-state index is -0.0249. The normalized spacial score (nSPS) is 21.7. The lowest BCUT2D eigenvalue weighted by atomic mass is 10.0. The SMILES string of the molecule is CCOCC(=O)N[C@@H]1c2cc(C)ccc2C[C@@H]1C. The molecule has 0 saturated heterocycles. The predicted octanol–water partition coefficient (Wildman–Crippen LogP) is 2.38. The third-order valence-electron chi connectivity index (χ3n) is 3.50. The zero-order chi connectivity index (χ0) is 13.1. The molecular weight excluding hydrogens is 226 g/mol. The Kier molecular flexibility index (Phi) is 4.02. The summed E-state index contributed by atoms with van der Waals surface area (Å²) in [4.78, 5) is 11.8. The van der Waals surface area contributed by atoms with Gasteiger partial charge in [-0.05, 0) is 37.3 Å². The highest BCUT2D eigenvalue weighted by atomic mass is 16.5. The van der Waals surface area contributed by atoms with Crippen LogP contribution in [0.3, 0.4) is 0 Å². The van der Waals surface area contributed by atoms with E-state index in [2.05, 4.69) is 37.4 Å². The van der Waals surface area contributed by atoms with E-state index in [-0.39, 0.29) is 18.6 Å². The second-order valence-corrected chi connectivity index (χ2v) is 5.07. The highest BCUT2D eigenvalue weighted by Gasteiger charge is 2.30. The van der Waals surface area contributed by atoms with Gasteiger partial charge in [0.15, 0.2) is 0 Å². The first-order chi connectivity index (χ1) is 8.61. The van der Waals surface area contributed by atoms with Gasteiger partial charge in [0.05, 0.1) is 6.04 Å². The van der Waals surface area contributed by atoms with Gasteiger partial charge in [-0.1, -0.05) is 30.7 Å². The topological polar surface area (TPSA) is 38.3 Å². The molecule has 0 heterocycles. The maximum Gasteiger partial charge on any atom is 0.246 e. The number of carbonyl (C=O) groups excluding carboxylic acids is 1. The Morgan fingerprint density at radius 3 is 3.00 bits per heavy atom. The zero-order valence-corrected chi connectivity index (χ0v) is 11.3. The van der Waals surface area contributed by atoms with Crippen LogP contribution >= 0.6 is 0 Å². The van der Waals surface area contributed by atoms with E-state index >= 15 is 0 Å². The molecule has 1 aliphatic rings. The maximum atomic E-state index is 11.8. The first kappa shape index (κ1) is 13.1. The van der Waals surface area contributed by atoms with E-state index in [4.69, 9.17) is 4.74 Å². The van der Waals surface area contributed by atoms with Gasteiger partial charge < -0.3 is 10.1 Å². The molecule has 1 aromatic rings. The van der Waals surface area contributed by atoms with Crippen LogP contribution in [-0.4, -0.2) is 19.1 Å². The summed E-state index contributed by atoms with van der Waals surface area (Å²) in [6.45, 7) is 6.89. The molecule has 0 aliphatic heterocycles. The number of ether oxygens (including phenoxy) is 1. The Bertz CT molecular complexity index is 442. The fourth-order valence-electron chi connectivity index (χ4n) is 2.59. The molecule has 1 aliphatic carbocycles. The Labute approximate surface area is 109 Å². The average molecular weight is 247 g/mol. The molecule has 0 spiro atoms. The summed E-state index contributed by atoms with van der Waals surface area (Å²) >= 11 is 0. The number of aryl methyl sites for hydroxylation is 1. The van der Waals surface area contributed by atoms with Gasteiger partial charge in [-0.3, -0.25) is 4.79 Å². The molecule has 3 heteroatoms. The molecule has 98 valence electrons. The van der Waals surface area contributed by atoms with Crippen molar-refractivity contribution in [2.24, 2.45) is 5.92 Å². The summed E-state index contributed by atoms with van der Waals surface area (Å²) in [6.07, 6.45) is 1.04. The van der Waals surface area contributed by atoms with Gasteiger partial charge in [-0.2, -0.15) is 0 Å². The quantitative estimate of drug-likeness (QED) is 0.887. The number of amides is 1. The van der Waals surface area contributed by atoms with E-state index in [1.165, 1.54) is 16.7 Å². The van der Waals surface area contributed by atoms with Crippen molar-refractivity contribution in [3.63, 3.8) is 0 Å². The van der Waals surface area contributed by atoms with Crippen molar-refractivity contribution in [2.45, 2.75) is 33.2 Å². The highest BCUT2D eigenvalue weighted by Crippen LogP contribution is 2.36. The lowest BCUT2D eigenvalue weighted by Gasteiger charge is -2.19. The van der Waals surface area contributed by atoms with E-state index in [9.17, 15) is 4.79 Å². The second-order valence-electron chi connectivity index (χ2n) is 5.07. The smallest absolute Gasteiger partial charge is 0.246 e. The molecule has 0 fully saturated rings. The van der Waals surface area contributed by atoms with Crippen LogP contribution < -0.4 is 5.32 Å². The molecule has 18 heavy (non-hydrogen) atoms. The van der Waals surface area contributed by atoms with Crippen LogP contribution in [0.5, 0.6) is 0 Å². The molecule has 3 nitrogen and oxygen atoms in total. The molecule has 0 saturated carbocycles. The van der Waals surface area contributed by atoms with E-state index < -0.39 is 0 Å². The fourth-order valence-corrected chi connectivity index (χ4v) is 2.59. The second kappa shape index (κ2) is 5.53. The van der Waals surface area contributed by atoms with Gasteiger partial charge in [0, 0.05) is 6.61 Å². The highest BCUT2D eigenvalue weighted by molar-refractivity contribution is 5.78. The van der Waals surface area contributed by atoms with Crippen molar-refractivity contribution >= 4 is 5.91 Å². The summed E-state index contributed by atoms with van der Waals surface area (Å²) in [5, 5.41) is 3.08. The summed E-state index contributed by atoms with van der Waals surface area (Å²) in [5.74, 6) is 0.426. The van der Waals surface area contributed by atoms with Crippen LogP contribution in [-0.2, 0) is 16.0 Å². The molecule has 2 rings (SSSR count). The molecule has 1 amide bonds. The van der Waals surface area contributed by atoms with Gasteiger partial charge in [-0.25, -0.2) is 0 Å². The van der Waals surface area contributed by atoms with Gasteiger partial charge in [0.1, 0.15) is 6.61 Å². The monoisotopic (exact) mass is 247 g/mol. The minimum Gasteiger partial charge on any atom is -0.372 e. The first-order valence-electron chi connectivity index (χ1n) is 6.58. The maximum absolute atomic E-state index is 11.8. The van der Waals surface area contributed by atoms with Crippen molar-refractivity contribution in [3.8, 4) is 0 Å². The molecule has 0 bridgehead atoms. The van der Waals surface area contributed by atoms with Crippen LogP contribution in [0.2, 0.25) is 0 Å². The number of fused-ring (bicyclic) bond motifs is 1. The summed E-state index contributed by atoms with van der Waals surface area (Å²) in [5.41, 5.74) is 3.87. The van der Waals surface area contributed by atoms with Crippen molar-refractivity contribution < 1.29 is 9.53 Å². The van der Waals surface area contributed by atoms with Crippen molar-refractivity contribution in [1.82, 2.24) is 5.32 Å². The predicted molar refractivity (Wildman–Crippen MR) is 71.4 cm³/mol. The third-order valence-corrected chi connectivity index (χ3v) is 3.50. The largest absolute Gasteiger partial charge is 0.372 e. The molecule has 0 radical (unpaired) electrons. The summed E-state index contributed by atoms with van der Waals surface area (Å²) in [6, 6.07) is 6.63. The Hall–Kier alpha value is -1.35. The molecule has 1 aromatic carbocycles. The van der Waals surface area contributed by atoms with Crippen molar-refractivity contribution in [2.75, 3.05) is 13.2 Å². The molecule has 0 unspecified atom stereocenters. The number of hydrogen-bond acceptors (Lipinski definition) is 2. The number of benzene rings is 1. The minimum absolute atomic E-state index is 0.0249. The van der Waals surface area contributed by atoms with Crippen LogP contribution in [0.1, 0.15) is 36.6 Å². The zero-order valence-electron chi connectivity index (χ0n) is 11.3. The third kappa shape index (κ3) is 2.72. The lowest BCUT2D eigenvalue weighted by Crippen LogP contribution is -2.33. The van der Waals surface area contributed by atoms with Crippen LogP contribution in [0.4, 0.5) is 0 Å². The van der Waals surface area contributed by atoms with E-state index in [0.717, 1.165) is 6.42 Å². The van der Waals surface area contributed by atoms with E-state index in [1.54, 1.807) is 0 Å². The van der Waals surface area contributed by atoms with Gasteiger partial charge in [0.25, 0.3) is 0 Å². The van der Waals surface area contributed by atoms with E-state index in [1.807, 2.05) is 6.92 Å². The van der Waals surface area contributed by atoms with Gasteiger partial charge in [0.2, 0.25) is 5.91 Å². The van der Waals surface area contributed by atoms with Gasteiger partial charge in [-0.15, -0.1) is 0 Å². The van der Waals surface area contributed by atoms with Crippen molar-refractivity contribution in [3.05, 3.63) is 34.9 Å². The molecular formula is C15H21NO2. The first-order valence-corrected chi connectivity index (χ1v) is 6.58. The van der Waals surface area contributed by atoms with E-state index in [0.29, 0.717) is 12.5 Å². The number of nitrogens with one attached hydrogen (secondary N) is 1. The number of hydrogen-bond donors (Lipinski definition) is 1. The standard InChI is InChI=1S/C15H21NO2/c1-4-18-9-14(17)16-15-11(3)8-12-6-5-10(2)7-13(12)15/h5-7,11,15H,4,8-9H2,1-3H3,(H,16,17)/t11-,15-/m0/s1.